The molecule has 1 rings (SSSR count). The van der Waals surface area contributed by atoms with Crippen molar-refractivity contribution in [3.8, 4) is 0 Å². The van der Waals surface area contributed by atoms with Crippen LogP contribution in [0.25, 0.3) is 0 Å². The van der Waals surface area contributed by atoms with Crippen molar-refractivity contribution in [2.75, 3.05) is 10.7 Å². The number of benzene rings is 1. The van der Waals surface area contributed by atoms with E-state index in [4.69, 9.17) is 0 Å². The van der Waals surface area contributed by atoms with Crippen LogP contribution in [0.1, 0.15) is 38.2 Å². The molecule has 0 heterocycles. The zero-order valence-electron chi connectivity index (χ0n) is 10.2. The van der Waals surface area contributed by atoms with E-state index in [9.17, 15) is 0 Å². The summed E-state index contributed by atoms with van der Waals surface area (Å²) in [7, 11) is 0. The third kappa shape index (κ3) is 4.36. The van der Waals surface area contributed by atoms with Crippen molar-refractivity contribution < 1.29 is 0 Å². The Morgan fingerprint density at radius 1 is 1.12 bits per heavy atom. The molecule has 0 aromatic heterocycles. The van der Waals surface area contributed by atoms with E-state index in [0.717, 1.165) is 15.1 Å². The topological polar surface area (TPSA) is 0 Å². The van der Waals surface area contributed by atoms with Gasteiger partial charge in [0.05, 0.1) is 0 Å². The first-order chi connectivity index (χ1) is 8.18. The minimum atomic E-state index is 0.221. The van der Waals surface area contributed by atoms with Gasteiger partial charge in [-0.3, -0.25) is 0 Å². The number of halogens is 3. The maximum Gasteiger partial charge on any atom is 0.0178 e. The summed E-state index contributed by atoms with van der Waals surface area (Å²) in [6.07, 6.45) is 5.11. The highest BCUT2D eigenvalue weighted by Gasteiger charge is 2.29. The van der Waals surface area contributed by atoms with Gasteiger partial charge in [-0.1, -0.05) is 86.1 Å². The molecular formula is C14H19Br3. The lowest BCUT2D eigenvalue weighted by molar-refractivity contribution is 0.471. The third-order valence-electron chi connectivity index (χ3n) is 3.21. The Labute approximate surface area is 130 Å². The SMILES string of the molecule is CCCCCC(CBr)(CBr)c1cccc(Br)c1. The summed E-state index contributed by atoms with van der Waals surface area (Å²) in [5.41, 5.74) is 1.63. The lowest BCUT2D eigenvalue weighted by Gasteiger charge is -2.31. The Kier molecular flexibility index (Phi) is 7.36. The van der Waals surface area contributed by atoms with Gasteiger partial charge in [0, 0.05) is 20.5 Å². The van der Waals surface area contributed by atoms with Gasteiger partial charge in [0.25, 0.3) is 0 Å². The average Bonchev–Trinajstić information content (AvgIpc) is 2.35. The Morgan fingerprint density at radius 3 is 2.35 bits per heavy atom. The van der Waals surface area contributed by atoms with Gasteiger partial charge in [0.2, 0.25) is 0 Å². The molecule has 0 radical (unpaired) electrons. The van der Waals surface area contributed by atoms with Gasteiger partial charge in [0.1, 0.15) is 0 Å². The number of hydrogen-bond acceptors (Lipinski definition) is 0. The Morgan fingerprint density at radius 2 is 1.82 bits per heavy atom. The van der Waals surface area contributed by atoms with Crippen LogP contribution < -0.4 is 0 Å². The van der Waals surface area contributed by atoms with Gasteiger partial charge in [0.15, 0.2) is 0 Å². The number of unbranched alkanes of at least 4 members (excludes halogenated alkanes) is 2. The summed E-state index contributed by atoms with van der Waals surface area (Å²) in [5.74, 6) is 0. The summed E-state index contributed by atoms with van der Waals surface area (Å²) >= 11 is 11.0. The average molecular weight is 427 g/mol. The van der Waals surface area contributed by atoms with E-state index < -0.39 is 0 Å². The summed E-state index contributed by atoms with van der Waals surface area (Å²) < 4.78 is 1.16. The Hall–Kier alpha value is 0.660. The molecule has 0 atom stereocenters. The zero-order valence-corrected chi connectivity index (χ0v) is 14.9. The first-order valence-corrected chi connectivity index (χ1v) is 9.10. The van der Waals surface area contributed by atoms with E-state index in [2.05, 4.69) is 79.0 Å². The molecule has 96 valence electrons. The number of hydrogen-bond donors (Lipinski definition) is 0. The molecule has 0 aliphatic heterocycles. The first-order valence-electron chi connectivity index (χ1n) is 6.06. The molecule has 0 N–H and O–H groups in total. The quantitative estimate of drug-likeness (QED) is 0.367. The smallest absolute Gasteiger partial charge is 0.0178 e. The van der Waals surface area contributed by atoms with Crippen LogP contribution in [0, 0.1) is 0 Å². The van der Waals surface area contributed by atoms with Gasteiger partial charge >= 0.3 is 0 Å². The summed E-state index contributed by atoms with van der Waals surface area (Å²) in [6, 6.07) is 8.69. The number of rotatable bonds is 7. The molecule has 0 fully saturated rings. The Bertz CT molecular complexity index is 332. The largest absolute Gasteiger partial charge is 0.0918 e. The van der Waals surface area contributed by atoms with Gasteiger partial charge in [-0.25, -0.2) is 0 Å². The van der Waals surface area contributed by atoms with Crippen molar-refractivity contribution in [3.05, 3.63) is 34.3 Å². The normalized spacial score (nSPS) is 11.8. The van der Waals surface area contributed by atoms with Crippen molar-refractivity contribution >= 4 is 47.8 Å². The van der Waals surface area contributed by atoms with Crippen LogP contribution in [0.15, 0.2) is 28.7 Å². The van der Waals surface area contributed by atoms with Crippen LogP contribution in [-0.4, -0.2) is 10.7 Å². The van der Waals surface area contributed by atoms with Crippen molar-refractivity contribution in [3.63, 3.8) is 0 Å². The highest BCUT2D eigenvalue weighted by molar-refractivity contribution is 9.10. The molecule has 0 saturated carbocycles. The zero-order chi connectivity index (χ0) is 12.7. The molecule has 0 unspecified atom stereocenters. The number of alkyl halides is 2. The van der Waals surface area contributed by atoms with Crippen LogP contribution in [0.3, 0.4) is 0 Å². The summed E-state index contributed by atoms with van der Waals surface area (Å²) in [5, 5.41) is 2.01. The second-order valence-corrected chi connectivity index (χ2v) is 6.55. The highest BCUT2D eigenvalue weighted by atomic mass is 79.9. The van der Waals surface area contributed by atoms with Crippen LogP contribution in [0.4, 0.5) is 0 Å². The maximum atomic E-state index is 3.70. The van der Waals surface area contributed by atoms with E-state index in [0.29, 0.717) is 0 Å². The van der Waals surface area contributed by atoms with E-state index >= 15 is 0 Å². The van der Waals surface area contributed by atoms with Crippen LogP contribution >= 0.6 is 47.8 Å². The second kappa shape index (κ2) is 7.96. The predicted octanol–water partition coefficient (Wildman–Crippen LogP) is 6.06. The minimum absolute atomic E-state index is 0.221. The molecule has 1 aromatic rings. The second-order valence-electron chi connectivity index (χ2n) is 4.52. The van der Waals surface area contributed by atoms with E-state index in [1.165, 1.54) is 31.2 Å². The fourth-order valence-electron chi connectivity index (χ4n) is 2.00. The van der Waals surface area contributed by atoms with Crippen LogP contribution in [-0.2, 0) is 5.41 Å². The van der Waals surface area contributed by atoms with E-state index in [1.54, 1.807) is 0 Å². The molecule has 0 aliphatic carbocycles. The highest BCUT2D eigenvalue weighted by Crippen LogP contribution is 2.35. The van der Waals surface area contributed by atoms with Gasteiger partial charge in [-0.15, -0.1) is 0 Å². The van der Waals surface area contributed by atoms with E-state index in [1.807, 2.05) is 0 Å². The molecule has 3 heteroatoms. The molecule has 0 bridgehead atoms. The van der Waals surface area contributed by atoms with E-state index in [-0.39, 0.29) is 5.41 Å². The van der Waals surface area contributed by atoms with Crippen molar-refractivity contribution in [2.45, 2.75) is 38.0 Å². The third-order valence-corrected chi connectivity index (χ3v) is 5.85. The van der Waals surface area contributed by atoms with Gasteiger partial charge in [-0.2, -0.15) is 0 Å². The fraction of sp³-hybridized carbons (Fsp3) is 0.571. The molecule has 0 spiro atoms. The predicted molar refractivity (Wildman–Crippen MR) is 87.6 cm³/mol. The standard InChI is InChI=1S/C14H19Br3/c1-2-3-4-8-14(10-15,11-16)12-6-5-7-13(17)9-12/h5-7,9H,2-4,8,10-11H2,1H3. The molecule has 0 saturated heterocycles. The molecule has 0 nitrogen and oxygen atoms in total. The first kappa shape index (κ1) is 15.7. The molecule has 17 heavy (non-hydrogen) atoms. The lowest BCUT2D eigenvalue weighted by atomic mass is 9.80. The van der Waals surface area contributed by atoms with Crippen molar-refractivity contribution in [1.82, 2.24) is 0 Å². The van der Waals surface area contributed by atoms with Gasteiger partial charge < -0.3 is 0 Å². The molecule has 1 aromatic carbocycles. The van der Waals surface area contributed by atoms with Gasteiger partial charge in [-0.05, 0) is 24.1 Å². The molecular weight excluding hydrogens is 408 g/mol. The fourth-order valence-corrected chi connectivity index (χ4v) is 4.54. The lowest BCUT2D eigenvalue weighted by Crippen LogP contribution is -2.30. The monoisotopic (exact) mass is 424 g/mol. The molecule has 0 aliphatic rings. The molecule has 0 amide bonds. The van der Waals surface area contributed by atoms with Crippen LogP contribution in [0.5, 0.6) is 0 Å². The van der Waals surface area contributed by atoms with Crippen molar-refractivity contribution in [2.24, 2.45) is 0 Å². The maximum absolute atomic E-state index is 3.70. The van der Waals surface area contributed by atoms with Crippen LogP contribution in [0.2, 0.25) is 0 Å². The minimum Gasteiger partial charge on any atom is -0.0918 e. The summed E-state index contributed by atoms with van der Waals surface area (Å²) in [6.45, 7) is 2.25. The Balaban J connectivity index is 2.89. The van der Waals surface area contributed by atoms with Crippen molar-refractivity contribution in [1.29, 1.82) is 0 Å². The summed E-state index contributed by atoms with van der Waals surface area (Å²) in [4.78, 5) is 0.